The quantitative estimate of drug-likeness (QED) is 0.430. The fraction of sp³-hybridized carbons (Fsp3) is 0.400. The molecule has 1 aromatic carbocycles. The van der Waals surface area contributed by atoms with Crippen LogP contribution in [0, 0.1) is 5.92 Å². The van der Waals surface area contributed by atoms with Gasteiger partial charge in [0.05, 0.1) is 6.61 Å². The van der Waals surface area contributed by atoms with Crippen LogP contribution in [0.25, 0.3) is 0 Å². The van der Waals surface area contributed by atoms with E-state index in [2.05, 4.69) is 0 Å². The van der Waals surface area contributed by atoms with E-state index in [4.69, 9.17) is 4.74 Å². The molecule has 0 aromatic heterocycles. The number of Topliss-reactive ketones (excluding diaryl/α,β-unsaturated/α-hetero) is 2. The molecule has 0 aliphatic heterocycles. The van der Waals surface area contributed by atoms with E-state index in [1.807, 2.05) is 0 Å². The van der Waals surface area contributed by atoms with Crippen molar-refractivity contribution in [1.82, 2.24) is 0 Å². The third kappa shape index (κ3) is 4.32. The van der Waals surface area contributed by atoms with E-state index < -0.39 is 11.9 Å². The molecule has 0 N–H and O–H groups in total. The molecule has 0 fully saturated rings. The Hall–Kier alpha value is -1.97. The van der Waals surface area contributed by atoms with Gasteiger partial charge in [0.25, 0.3) is 0 Å². The van der Waals surface area contributed by atoms with Gasteiger partial charge in [-0.25, -0.2) is 0 Å². The maximum Gasteiger partial charge on any atom is 0.316 e. The summed E-state index contributed by atoms with van der Waals surface area (Å²) in [5.41, 5.74) is 0.501. The van der Waals surface area contributed by atoms with Crippen LogP contribution in [0.4, 0.5) is 0 Å². The maximum absolute atomic E-state index is 12.0. The van der Waals surface area contributed by atoms with Crippen LogP contribution in [0.3, 0.4) is 0 Å². The van der Waals surface area contributed by atoms with Gasteiger partial charge in [-0.2, -0.15) is 0 Å². The maximum atomic E-state index is 12.0. The molecule has 19 heavy (non-hydrogen) atoms. The third-order valence-electron chi connectivity index (χ3n) is 2.79. The minimum atomic E-state index is -0.988. The molecule has 1 rings (SSSR count). The van der Waals surface area contributed by atoms with Gasteiger partial charge in [-0.05, 0) is 6.92 Å². The topological polar surface area (TPSA) is 60.4 Å². The van der Waals surface area contributed by atoms with E-state index in [9.17, 15) is 14.4 Å². The van der Waals surface area contributed by atoms with E-state index in [-0.39, 0.29) is 31.0 Å². The molecule has 102 valence electrons. The molecule has 1 unspecified atom stereocenters. The van der Waals surface area contributed by atoms with E-state index >= 15 is 0 Å². The minimum absolute atomic E-state index is 0.129. The average Bonchev–Trinajstić information content (AvgIpc) is 2.44. The molecule has 4 nitrogen and oxygen atoms in total. The zero-order chi connectivity index (χ0) is 14.3. The van der Waals surface area contributed by atoms with Gasteiger partial charge in [-0.15, -0.1) is 0 Å². The lowest BCUT2D eigenvalue weighted by Crippen LogP contribution is -2.28. The van der Waals surface area contributed by atoms with Crippen LogP contribution in [0.2, 0.25) is 0 Å². The molecular weight excluding hydrogens is 244 g/mol. The van der Waals surface area contributed by atoms with Crippen molar-refractivity contribution in [3.8, 4) is 0 Å². The molecule has 1 aromatic rings. The first-order valence-electron chi connectivity index (χ1n) is 6.37. The second-order valence-electron chi connectivity index (χ2n) is 4.12. The predicted molar refractivity (Wildman–Crippen MR) is 70.8 cm³/mol. The number of hydrogen-bond donors (Lipinski definition) is 0. The Bertz CT molecular complexity index is 450. The third-order valence-corrected chi connectivity index (χ3v) is 2.79. The van der Waals surface area contributed by atoms with Gasteiger partial charge in [0, 0.05) is 18.4 Å². The molecular formula is C15H18O4. The standard InChI is InChI=1S/C15H18O4/c1-3-13(16)12(15(18)19-4-2)10-14(17)11-8-6-5-7-9-11/h5-9,12H,3-4,10H2,1-2H3. The number of rotatable bonds is 7. The Kier molecular flexibility index (Phi) is 5.93. The summed E-state index contributed by atoms with van der Waals surface area (Å²) in [5.74, 6) is -2.08. The highest BCUT2D eigenvalue weighted by molar-refractivity contribution is 6.06. The molecule has 0 bridgehead atoms. The van der Waals surface area contributed by atoms with Crippen LogP contribution < -0.4 is 0 Å². The van der Waals surface area contributed by atoms with Gasteiger partial charge in [0.15, 0.2) is 5.78 Å². The highest BCUT2D eigenvalue weighted by atomic mass is 16.5. The fourth-order valence-corrected chi connectivity index (χ4v) is 1.75. The van der Waals surface area contributed by atoms with Gasteiger partial charge in [-0.3, -0.25) is 14.4 Å². The number of benzene rings is 1. The largest absolute Gasteiger partial charge is 0.465 e. The van der Waals surface area contributed by atoms with Crippen LogP contribution in [0.15, 0.2) is 30.3 Å². The molecule has 0 spiro atoms. The van der Waals surface area contributed by atoms with Crippen LogP contribution in [0.5, 0.6) is 0 Å². The molecule has 0 heterocycles. The highest BCUT2D eigenvalue weighted by Gasteiger charge is 2.29. The number of ketones is 2. The average molecular weight is 262 g/mol. The van der Waals surface area contributed by atoms with Crippen molar-refractivity contribution in [3.05, 3.63) is 35.9 Å². The summed E-state index contributed by atoms with van der Waals surface area (Å²) in [6.45, 7) is 3.54. The van der Waals surface area contributed by atoms with Crippen LogP contribution in [0.1, 0.15) is 37.0 Å². The molecule has 0 saturated heterocycles. The molecule has 0 amide bonds. The lowest BCUT2D eigenvalue weighted by molar-refractivity contribution is -0.151. The zero-order valence-electron chi connectivity index (χ0n) is 11.2. The van der Waals surface area contributed by atoms with Gasteiger partial charge < -0.3 is 4.74 Å². The van der Waals surface area contributed by atoms with E-state index in [0.717, 1.165) is 0 Å². The number of esters is 1. The van der Waals surface area contributed by atoms with E-state index in [0.29, 0.717) is 5.56 Å². The summed E-state index contributed by atoms with van der Waals surface area (Å²) in [4.78, 5) is 35.5. The van der Waals surface area contributed by atoms with Gasteiger partial charge >= 0.3 is 5.97 Å². The van der Waals surface area contributed by atoms with Crippen LogP contribution >= 0.6 is 0 Å². The monoisotopic (exact) mass is 262 g/mol. The first kappa shape index (κ1) is 15.1. The molecule has 0 aliphatic rings. The van der Waals surface area contributed by atoms with Gasteiger partial charge in [-0.1, -0.05) is 37.3 Å². The Morgan fingerprint density at radius 3 is 2.26 bits per heavy atom. The normalized spacial score (nSPS) is 11.7. The van der Waals surface area contributed by atoms with Crippen molar-refractivity contribution in [2.45, 2.75) is 26.7 Å². The minimum Gasteiger partial charge on any atom is -0.465 e. The summed E-state index contributed by atoms with van der Waals surface area (Å²) >= 11 is 0. The highest BCUT2D eigenvalue weighted by Crippen LogP contribution is 2.14. The van der Waals surface area contributed by atoms with Gasteiger partial charge in [0.1, 0.15) is 11.7 Å². The SMILES string of the molecule is CCOC(=O)C(CC(=O)c1ccccc1)C(=O)CC. The lowest BCUT2D eigenvalue weighted by atomic mass is 9.93. The number of carbonyl (C=O) groups is 3. The molecule has 0 saturated carbocycles. The van der Waals surface area contributed by atoms with Crippen molar-refractivity contribution >= 4 is 17.5 Å². The molecule has 0 radical (unpaired) electrons. The van der Waals surface area contributed by atoms with E-state index in [1.165, 1.54) is 0 Å². The summed E-state index contributed by atoms with van der Waals surface area (Å²) in [6.07, 6.45) is 0.0844. The Balaban J connectivity index is 2.80. The van der Waals surface area contributed by atoms with Crippen LogP contribution in [-0.2, 0) is 14.3 Å². The second-order valence-corrected chi connectivity index (χ2v) is 4.12. The summed E-state index contributed by atoms with van der Waals surface area (Å²) in [5, 5.41) is 0. The summed E-state index contributed by atoms with van der Waals surface area (Å²) < 4.78 is 4.85. The van der Waals surface area contributed by atoms with Crippen molar-refractivity contribution in [2.75, 3.05) is 6.61 Å². The van der Waals surface area contributed by atoms with Crippen molar-refractivity contribution < 1.29 is 19.1 Å². The first-order chi connectivity index (χ1) is 9.10. The smallest absolute Gasteiger partial charge is 0.316 e. The van der Waals surface area contributed by atoms with Gasteiger partial charge in [0.2, 0.25) is 0 Å². The molecule has 0 aliphatic carbocycles. The van der Waals surface area contributed by atoms with Crippen molar-refractivity contribution in [3.63, 3.8) is 0 Å². The van der Waals surface area contributed by atoms with Crippen molar-refractivity contribution in [2.24, 2.45) is 5.92 Å². The Morgan fingerprint density at radius 1 is 1.11 bits per heavy atom. The molecule has 4 heteroatoms. The summed E-state index contributed by atoms with van der Waals surface area (Å²) in [6, 6.07) is 8.63. The predicted octanol–water partition coefficient (Wildman–Crippen LogP) is 2.42. The lowest BCUT2D eigenvalue weighted by Gasteiger charge is -2.13. The van der Waals surface area contributed by atoms with Crippen molar-refractivity contribution in [1.29, 1.82) is 0 Å². The molecule has 1 atom stereocenters. The first-order valence-corrected chi connectivity index (χ1v) is 6.37. The number of carbonyl (C=O) groups excluding carboxylic acids is 3. The summed E-state index contributed by atoms with van der Waals surface area (Å²) in [7, 11) is 0. The number of hydrogen-bond acceptors (Lipinski definition) is 4. The zero-order valence-corrected chi connectivity index (χ0v) is 11.2. The fourth-order valence-electron chi connectivity index (χ4n) is 1.75. The van der Waals surface area contributed by atoms with E-state index in [1.54, 1.807) is 44.2 Å². The van der Waals surface area contributed by atoms with Crippen LogP contribution in [-0.4, -0.2) is 24.1 Å². The second kappa shape index (κ2) is 7.46. The number of ether oxygens (including phenoxy) is 1. The Labute approximate surface area is 112 Å². The Morgan fingerprint density at radius 2 is 1.74 bits per heavy atom.